The quantitative estimate of drug-likeness (QED) is 0.467. The molecule has 0 N–H and O–H groups in total. The fourth-order valence-electron chi connectivity index (χ4n) is 1.43. The number of hydrogen-bond donors (Lipinski definition) is 0. The lowest BCUT2D eigenvalue weighted by Gasteiger charge is -2.13. The smallest absolute Gasteiger partial charge is 0.346 e. The van der Waals surface area contributed by atoms with Crippen molar-refractivity contribution in [2.75, 3.05) is 14.2 Å². The van der Waals surface area contributed by atoms with Gasteiger partial charge in [-0.15, -0.1) is 0 Å². The van der Waals surface area contributed by atoms with Gasteiger partial charge in [0.25, 0.3) is 0 Å². The maximum Gasteiger partial charge on any atom is 0.346 e. The van der Waals surface area contributed by atoms with Crippen LogP contribution in [0.4, 0.5) is 0 Å². The highest BCUT2D eigenvalue weighted by molar-refractivity contribution is 5.97. The molecule has 0 spiro atoms. The summed E-state index contributed by atoms with van der Waals surface area (Å²) in [6.07, 6.45) is 0. The van der Waals surface area contributed by atoms with Crippen LogP contribution in [-0.4, -0.2) is 32.1 Å². The Labute approximate surface area is 115 Å². The summed E-state index contributed by atoms with van der Waals surface area (Å²) in [5, 5.41) is 0. The predicted octanol–water partition coefficient (Wildman–Crippen LogP) is 1.33. The minimum atomic E-state index is -0.858. The first-order valence-electron chi connectivity index (χ1n) is 5.56. The molecule has 0 aliphatic heterocycles. The molecule has 108 valence electrons. The maximum absolute atomic E-state index is 11.7. The molecule has 0 radical (unpaired) electrons. The predicted molar refractivity (Wildman–Crippen MR) is 67.0 cm³/mol. The third kappa shape index (κ3) is 3.71. The lowest BCUT2D eigenvalue weighted by atomic mass is 10.2. The van der Waals surface area contributed by atoms with Gasteiger partial charge in [0.2, 0.25) is 5.75 Å². The lowest BCUT2D eigenvalue weighted by molar-refractivity contribution is -0.135. The first-order valence-corrected chi connectivity index (χ1v) is 5.56. The van der Waals surface area contributed by atoms with E-state index in [1.165, 1.54) is 33.3 Å². The Hall–Kier alpha value is -2.57. The van der Waals surface area contributed by atoms with Crippen LogP contribution in [-0.2, 0) is 14.3 Å². The van der Waals surface area contributed by atoms with Crippen molar-refractivity contribution in [3.8, 4) is 17.2 Å². The second-order valence-corrected chi connectivity index (χ2v) is 3.68. The molecule has 1 aromatic rings. The standard InChI is InChI=1S/C13H14O7/c1-7(14)19-12-10(17-3)5-9(6-11(12)18-4)13(16)20-8(2)15/h5-6H,1-4H3. The summed E-state index contributed by atoms with van der Waals surface area (Å²) in [6, 6.07) is 2.57. The zero-order chi connectivity index (χ0) is 15.3. The first kappa shape index (κ1) is 15.5. The van der Waals surface area contributed by atoms with E-state index in [1.807, 2.05) is 0 Å². The third-order valence-electron chi connectivity index (χ3n) is 2.18. The molecule has 0 fully saturated rings. The van der Waals surface area contributed by atoms with Crippen molar-refractivity contribution in [2.45, 2.75) is 13.8 Å². The van der Waals surface area contributed by atoms with Crippen molar-refractivity contribution >= 4 is 17.9 Å². The van der Waals surface area contributed by atoms with Crippen LogP contribution in [0.15, 0.2) is 12.1 Å². The van der Waals surface area contributed by atoms with E-state index in [2.05, 4.69) is 4.74 Å². The minimum Gasteiger partial charge on any atom is -0.493 e. The average Bonchev–Trinajstić information content (AvgIpc) is 2.37. The second-order valence-electron chi connectivity index (χ2n) is 3.68. The number of carbonyl (C=O) groups excluding carboxylic acids is 3. The van der Waals surface area contributed by atoms with Gasteiger partial charge < -0.3 is 18.9 Å². The zero-order valence-corrected chi connectivity index (χ0v) is 11.5. The van der Waals surface area contributed by atoms with Gasteiger partial charge in [0, 0.05) is 13.8 Å². The summed E-state index contributed by atoms with van der Waals surface area (Å²) in [7, 11) is 2.67. The number of hydrogen-bond acceptors (Lipinski definition) is 7. The van der Waals surface area contributed by atoms with E-state index < -0.39 is 17.9 Å². The van der Waals surface area contributed by atoms with Crippen LogP contribution in [0, 0.1) is 0 Å². The summed E-state index contributed by atoms with van der Waals surface area (Å²) >= 11 is 0. The van der Waals surface area contributed by atoms with Crippen LogP contribution in [0.2, 0.25) is 0 Å². The van der Waals surface area contributed by atoms with Gasteiger partial charge in [-0.1, -0.05) is 0 Å². The van der Waals surface area contributed by atoms with E-state index in [0.717, 1.165) is 6.92 Å². The normalized spacial score (nSPS) is 9.60. The molecular formula is C13H14O7. The third-order valence-corrected chi connectivity index (χ3v) is 2.18. The number of benzene rings is 1. The summed E-state index contributed by atoms with van der Waals surface area (Å²) in [4.78, 5) is 33.5. The van der Waals surface area contributed by atoms with Gasteiger partial charge in [-0.25, -0.2) is 4.79 Å². The Balaban J connectivity index is 3.28. The van der Waals surface area contributed by atoms with Crippen molar-refractivity contribution in [1.82, 2.24) is 0 Å². The molecule has 0 amide bonds. The van der Waals surface area contributed by atoms with E-state index in [4.69, 9.17) is 14.2 Å². The molecule has 0 unspecified atom stereocenters. The van der Waals surface area contributed by atoms with Gasteiger partial charge in [0.15, 0.2) is 11.5 Å². The van der Waals surface area contributed by atoms with Gasteiger partial charge in [-0.3, -0.25) is 9.59 Å². The fourth-order valence-corrected chi connectivity index (χ4v) is 1.43. The van der Waals surface area contributed by atoms with Gasteiger partial charge >= 0.3 is 17.9 Å². The average molecular weight is 282 g/mol. The lowest BCUT2D eigenvalue weighted by Crippen LogP contribution is -2.11. The van der Waals surface area contributed by atoms with Crippen LogP contribution >= 0.6 is 0 Å². The Morgan fingerprint density at radius 2 is 1.40 bits per heavy atom. The number of ether oxygens (including phenoxy) is 4. The molecule has 7 nitrogen and oxygen atoms in total. The molecule has 1 aromatic carbocycles. The largest absolute Gasteiger partial charge is 0.493 e. The molecule has 0 heterocycles. The Bertz CT molecular complexity index is 523. The van der Waals surface area contributed by atoms with Gasteiger partial charge in [-0.05, 0) is 12.1 Å². The Kier molecular flexibility index (Phi) is 5.08. The van der Waals surface area contributed by atoms with E-state index in [9.17, 15) is 14.4 Å². The molecule has 1 rings (SSSR count). The van der Waals surface area contributed by atoms with Crippen molar-refractivity contribution in [1.29, 1.82) is 0 Å². The maximum atomic E-state index is 11.7. The highest BCUT2D eigenvalue weighted by atomic mass is 16.6. The van der Waals surface area contributed by atoms with Crippen molar-refractivity contribution in [3.63, 3.8) is 0 Å². The van der Waals surface area contributed by atoms with Gasteiger partial charge in [0.1, 0.15) is 0 Å². The molecule has 0 aromatic heterocycles. The van der Waals surface area contributed by atoms with Gasteiger partial charge in [-0.2, -0.15) is 0 Å². The van der Waals surface area contributed by atoms with E-state index in [-0.39, 0.29) is 22.8 Å². The summed E-state index contributed by atoms with van der Waals surface area (Å²) in [5.41, 5.74) is 0.0322. The summed E-state index contributed by atoms with van der Waals surface area (Å²) in [6.45, 7) is 2.33. The fraction of sp³-hybridized carbons (Fsp3) is 0.308. The number of methoxy groups -OCH3 is 2. The molecule has 0 bridgehead atoms. The zero-order valence-electron chi connectivity index (χ0n) is 11.5. The molecule has 20 heavy (non-hydrogen) atoms. The molecule has 0 saturated heterocycles. The van der Waals surface area contributed by atoms with Crippen LogP contribution in [0.5, 0.6) is 17.2 Å². The molecule has 0 aliphatic carbocycles. The van der Waals surface area contributed by atoms with E-state index in [0.29, 0.717) is 0 Å². The molecular weight excluding hydrogens is 268 g/mol. The molecule has 0 atom stereocenters. The van der Waals surface area contributed by atoms with Crippen molar-refractivity contribution in [2.24, 2.45) is 0 Å². The molecule has 7 heteroatoms. The minimum absolute atomic E-state index is 0.0322. The Morgan fingerprint density at radius 1 is 0.900 bits per heavy atom. The molecule has 0 aliphatic rings. The van der Waals surface area contributed by atoms with Gasteiger partial charge in [0.05, 0.1) is 19.8 Å². The highest BCUT2D eigenvalue weighted by Crippen LogP contribution is 2.38. The topological polar surface area (TPSA) is 88.1 Å². The first-order chi connectivity index (χ1) is 9.38. The Morgan fingerprint density at radius 3 is 1.75 bits per heavy atom. The van der Waals surface area contributed by atoms with Crippen molar-refractivity contribution < 1.29 is 33.3 Å². The SMILES string of the molecule is COc1cc(C(=O)OC(C)=O)cc(OC)c1OC(C)=O. The van der Waals surface area contributed by atoms with Crippen LogP contribution in [0.3, 0.4) is 0 Å². The van der Waals surface area contributed by atoms with Crippen molar-refractivity contribution in [3.05, 3.63) is 17.7 Å². The molecule has 0 saturated carbocycles. The summed E-state index contributed by atoms with van der Waals surface area (Å²) < 4.78 is 19.5. The number of rotatable bonds is 4. The second kappa shape index (κ2) is 6.55. The van der Waals surface area contributed by atoms with Crippen LogP contribution in [0.1, 0.15) is 24.2 Å². The highest BCUT2D eigenvalue weighted by Gasteiger charge is 2.20. The summed E-state index contributed by atoms with van der Waals surface area (Å²) in [5.74, 6) is -1.91. The van der Waals surface area contributed by atoms with E-state index >= 15 is 0 Å². The van der Waals surface area contributed by atoms with Crippen LogP contribution < -0.4 is 14.2 Å². The van der Waals surface area contributed by atoms with E-state index in [1.54, 1.807) is 0 Å². The van der Waals surface area contributed by atoms with Crippen LogP contribution in [0.25, 0.3) is 0 Å². The monoisotopic (exact) mass is 282 g/mol. The number of esters is 3. The number of carbonyl (C=O) groups is 3.